The van der Waals surface area contributed by atoms with E-state index in [2.05, 4.69) is 30.2 Å². The minimum Gasteiger partial charge on any atom is -0.383 e. The fourth-order valence-corrected chi connectivity index (χ4v) is 2.35. The Kier molecular flexibility index (Phi) is 5.79. The van der Waals surface area contributed by atoms with Gasteiger partial charge in [0.2, 0.25) is 0 Å². The van der Waals surface area contributed by atoms with Crippen LogP contribution in [0.4, 0.5) is 0 Å². The third kappa shape index (κ3) is 4.06. The summed E-state index contributed by atoms with van der Waals surface area (Å²) in [5.74, 6) is 0.436. The van der Waals surface area contributed by atoms with Crippen LogP contribution in [0.3, 0.4) is 0 Å². The number of hydrogen-bond donors (Lipinski definition) is 1. The number of methoxy groups -OCH3 is 1. The van der Waals surface area contributed by atoms with E-state index in [0.29, 0.717) is 17.7 Å². The van der Waals surface area contributed by atoms with Gasteiger partial charge in [0.1, 0.15) is 5.65 Å². The third-order valence-electron chi connectivity index (χ3n) is 3.40. The molecule has 2 aromatic heterocycles. The van der Waals surface area contributed by atoms with Crippen LogP contribution in [0, 0.1) is 5.92 Å². The molecular formula is C16H22ClN3O. The zero-order valence-electron chi connectivity index (χ0n) is 12.8. The molecule has 0 bridgehead atoms. The molecule has 0 aliphatic heterocycles. The molecule has 0 aliphatic carbocycles. The van der Waals surface area contributed by atoms with Gasteiger partial charge in [-0.3, -0.25) is 4.40 Å². The molecular weight excluding hydrogens is 286 g/mol. The highest BCUT2D eigenvalue weighted by Crippen LogP contribution is 2.22. The number of ether oxygens (including phenoxy) is 1. The molecule has 2 aromatic rings. The van der Waals surface area contributed by atoms with Crippen molar-refractivity contribution in [2.75, 3.05) is 26.8 Å². The Labute approximate surface area is 130 Å². The lowest BCUT2D eigenvalue weighted by atomic mass is 10.0. The molecule has 2 rings (SSSR count). The highest BCUT2D eigenvalue weighted by Gasteiger charge is 2.10. The molecule has 4 nitrogen and oxygen atoms in total. The van der Waals surface area contributed by atoms with Crippen molar-refractivity contribution >= 4 is 23.3 Å². The van der Waals surface area contributed by atoms with Gasteiger partial charge in [0.05, 0.1) is 12.3 Å². The zero-order valence-corrected chi connectivity index (χ0v) is 13.5. The maximum atomic E-state index is 6.28. The number of pyridine rings is 1. The van der Waals surface area contributed by atoms with Crippen LogP contribution in [-0.2, 0) is 4.74 Å². The van der Waals surface area contributed by atoms with Gasteiger partial charge in [0, 0.05) is 26.4 Å². The Balaban J connectivity index is 2.25. The fourth-order valence-electron chi connectivity index (χ4n) is 2.12. The summed E-state index contributed by atoms with van der Waals surface area (Å²) in [6, 6.07) is 5.89. The molecule has 0 aromatic carbocycles. The monoisotopic (exact) mass is 307 g/mol. The van der Waals surface area contributed by atoms with Gasteiger partial charge in [-0.25, -0.2) is 4.98 Å². The molecule has 0 radical (unpaired) electrons. The van der Waals surface area contributed by atoms with Crippen molar-refractivity contribution in [2.24, 2.45) is 5.92 Å². The molecule has 114 valence electrons. The van der Waals surface area contributed by atoms with E-state index in [1.54, 1.807) is 7.11 Å². The molecule has 2 heterocycles. The summed E-state index contributed by atoms with van der Waals surface area (Å²) in [6.45, 7) is 6.72. The zero-order chi connectivity index (χ0) is 15.2. The topological polar surface area (TPSA) is 38.6 Å². The molecule has 5 heteroatoms. The van der Waals surface area contributed by atoms with Crippen molar-refractivity contribution in [3.8, 4) is 0 Å². The number of hydrogen-bond acceptors (Lipinski definition) is 3. The summed E-state index contributed by atoms with van der Waals surface area (Å²) in [5, 5.41) is 3.92. The smallest absolute Gasteiger partial charge is 0.155 e. The van der Waals surface area contributed by atoms with Gasteiger partial charge in [-0.15, -0.1) is 0 Å². The van der Waals surface area contributed by atoms with Gasteiger partial charge in [0.15, 0.2) is 5.15 Å². The lowest BCUT2D eigenvalue weighted by molar-refractivity contribution is 0.200. The lowest BCUT2D eigenvalue weighted by Crippen LogP contribution is -2.23. The highest BCUT2D eigenvalue weighted by molar-refractivity contribution is 6.31. The van der Waals surface area contributed by atoms with E-state index in [4.69, 9.17) is 16.3 Å². The van der Waals surface area contributed by atoms with Crippen molar-refractivity contribution in [3.63, 3.8) is 0 Å². The Bertz CT molecular complexity index is 619. The van der Waals surface area contributed by atoms with Crippen molar-refractivity contribution in [3.05, 3.63) is 40.8 Å². The van der Waals surface area contributed by atoms with Crippen molar-refractivity contribution in [1.29, 1.82) is 0 Å². The van der Waals surface area contributed by atoms with E-state index in [-0.39, 0.29) is 0 Å². The predicted octanol–water partition coefficient (Wildman–Crippen LogP) is 3.26. The van der Waals surface area contributed by atoms with Gasteiger partial charge in [0.25, 0.3) is 0 Å². The molecule has 0 atom stereocenters. The van der Waals surface area contributed by atoms with Crippen LogP contribution in [0.2, 0.25) is 5.15 Å². The van der Waals surface area contributed by atoms with Gasteiger partial charge in [-0.1, -0.05) is 37.1 Å². The first kappa shape index (κ1) is 16.0. The summed E-state index contributed by atoms with van der Waals surface area (Å²) in [7, 11) is 1.71. The second-order valence-corrected chi connectivity index (χ2v) is 5.62. The van der Waals surface area contributed by atoms with Crippen molar-refractivity contribution < 1.29 is 4.74 Å². The summed E-state index contributed by atoms with van der Waals surface area (Å²) in [4.78, 5) is 4.38. The van der Waals surface area contributed by atoms with E-state index in [1.807, 2.05) is 28.8 Å². The van der Waals surface area contributed by atoms with Crippen LogP contribution in [0.5, 0.6) is 0 Å². The van der Waals surface area contributed by atoms with Crippen LogP contribution < -0.4 is 5.32 Å². The lowest BCUT2D eigenvalue weighted by Gasteiger charge is -2.13. The van der Waals surface area contributed by atoms with E-state index in [0.717, 1.165) is 24.4 Å². The molecule has 0 aliphatic rings. The first-order chi connectivity index (χ1) is 10.1. The second-order valence-electron chi connectivity index (χ2n) is 5.26. The van der Waals surface area contributed by atoms with Crippen LogP contribution in [-0.4, -0.2) is 36.2 Å². The first-order valence-corrected chi connectivity index (χ1v) is 7.54. The number of fused-ring (bicyclic) bond motifs is 1. The Morgan fingerprint density at radius 3 is 3.00 bits per heavy atom. The Morgan fingerprint density at radius 2 is 2.29 bits per heavy atom. The number of halogens is 1. The Morgan fingerprint density at radius 1 is 1.48 bits per heavy atom. The molecule has 0 unspecified atom stereocenters. The van der Waals surface area contributed by atoms with E-state index in [9.17, 15) is 0 Å². The van der Waals surface area contributed by atoms with E-state index < -0.39 is 0 Å². The summed E-state index contributed by atoms with van der Waals surface area (Å²) in [6.07, 6.45) is 4.11. The number of nitrogens with zero attached hydrogens (tertiary/aromatic N) is 2. The number of imidazole rings is 1. The molecule has 0 spiro atoms. The average Bonchev–Trinajstić information content (AvgIpc) is 2.78. The van der Waals surface area contributed by atoms with Crippen molar-refractivity contribution in [1.82, 2.24) is 14.7 Å². The average molecular weight is 308 g/mol. The van der Waals surface area contributed by atoms with Crippen LogP contribution in [0.1, 0.15) is 19.5 Å². The van der Waals surface area contributed by atoms with E-state index in [1.165, 1.54) is 5.57 Å². The largest absolute Gasteiger partial charge is 0.383 e. The maximum Gasteiger partial charge on any atom is 0.155 e. The van der Waals surface area contributed by atoms with Crippen molar-refractivity contribution in [2.45, 2.75) is 13.8 Å². The quantitative estimate of drug-likeness (QED) is 0.798. The van der Waals surface area contributed by atoms with Crippen LogP contribution in [0.15, 0.2) is 30.0 Å². The normalized spacial score (nSPS) is 12.5. The number of nitrogens with one attached hydrogen (secondary N) is 1. The molecule has 0 saturated carbocycles. The van der Waals surface area contributed by atoms with Crippen LogP contribution in [0.25, 0.3) is 11.7 Å². The molecule has 0 amide bonds. The molecule has 0 fully saturated rings. The predicted molar refractivity (Wildman–Crippen MR) is 87.8 cm³/mol. The third-order valence-corrected chi connectivity index (χ3v) is 3.68. The fraction of sp³-hybridized carbons (Fsp3) is 0.438. The van der Waals surface area contributed by atoms with Crippen LogP contribution >= 0.6 is 11.6 Å². The van der Waals surface area contributed by atoms with Gasteiger partial charge < -0.3 is 10.1 Å². The summed E-state index contributed by atoms with van der Waals surface area (Å²) >= 11 is 6.28. The standard InChI is InChI=1S/C16H22ClN3O/c1-12(2)13(11-18-7-9-21-3)10-14-16(17)19-15-6-4-5-8-20(14)15/h4-6,8,10,12,18H,7,9,11H2,1-3H3. The van der Waals surface area contributed by atoms with Gasteiger partial charge in [-0.05, 0) is 24.1 Å². The number of aromatic nitrogens is 2. The highest BCUT2D eigenvalue weighted by atomic mass is 35.5. The summed E-state index contributed by atoms with van der Waals surface area (Å²) < 4.78 is 7.06. The SMILES string of the molecule is COCCNCC(=Cc1c(Cl)nc2ccccn12)C(C)C. The number of rotatable bonds is 7. The minimum absolute atomic E-state index is 0.436. The maximum absolute atomic E-state index is 6.28. The molecule has 0 saturated heterocycles. The van der Waals surface area contributed by atoms with Gasteiger partial charge >= 0.3 is 0 Å². The first-order valence-electron chi connectivity index (χ1n) is 7.16. The minimum atomic E-state index is 0.436. The van der Waals surface area contributed by atoms with Gasteiger partial charge in [-0.2, -0.15) is 0 Å². The second kappa shape index (κ2) is 7.59. The van der Waals surface area contributed by atoms with E-state index >= 15 is 0 Å². The Hall–Kier alpha value is -1.36. The summed E-state index contributed by atoms with van der Waals surface area (Å²) in [5.41, 5.74) is 3.09. The molecule has 21 heavy (non-hydrogen) atoms. The molecule has 1 N–H and O–H groups in total.